The second-order valence-electron chi connectivity index (χ2n) is 6.20. The fraction of sp³-hybridized carbons (Fsp3) is 0.211. The van der Waals surface area contributed by atoms with Crippen LogP contribution in [0.3, 0.4) is 0 Å². The number of rotatable bonds is 6. The lowest BCUT2D eigenvalue weighted by atomic mass is 10.1. The summed E-state index contributed by atoms with van der Waals surface area (Å²) in [7, 11) is 1.62. The molecule has 0 saturated heterocycles. The first-order chi connectivity index (χ1) is 13.6. The molecule has 9 heteroatoms. The van der Waals surface area contributed by atoms with Gasteiger partial charge in [0, 0.05) is 43.2 Å². The molecule has 0 atom stereocenters. The molecule has 1 amide bonds. The third kappa shape index (κ3) is 3.68. The normalized spacial score (nSPS) is 10.9. The second kappa shape index (κ2) is 7.47. The van der Waals surface area contributed by atoms with Crippen molar-refractivity contribution in [3.63, 3.8) is 0 Å². The van der Waals surface area contributed by atoms with Crippen LogP contribution < -0.4 is 4.74 Å². The average Bonchev–Trinajstić information content (AvgIpc) is 3.34. The molecule has 0 aliphatic carbocycles. The van der Waals surface area contributed by atoms with Crippen LogP contribution >= 0.6 is 0 Å². The van der Waals surface area contributed by atoms with E-state index < -0.39 is 0 Å². The van der Waals surface area contributed by atoms with E-state index in [1.54, 1.807) is 32.4 Å². The molecule has 28 heavy (non-hydrogen) atoms. The summed E-state index contributed by atoms with van der Waals surface area (Å²) in [6, 6.07) is 9.16. The molecule has 3 heterocycles. The first kappa shape index (κ1) is 17.7. The Balaban J connectivity index is 1.41. The molecule has 3 aromatic heterocycles. The van der Waals surface area contributed by atoms with Crippen LogP contribution in [0.5, 0.6) is 5.75 Å². The number of fused-ring (bicyclic) bond motifs is 1. The molecule has 0 radical (unpaired) electrons. The first-order valence-corrected chi connectivity index (χ1v) is 8.56. The zero-order chi connectivity index (χ0) is 19.5. The quantitative estimate of drug-likeness (QED) is 0.503. The molecule has 0 bridgehead atoms. The Morgan fingerprint density at radius 2 is 2.14 bits per heavy atom. The summed E-state index contributed by atoms with van der Waals surface area (Å²) in [5, 5.41) is 13.4. The Hall–Kier alpha value is -3.75. The summed E-state index contributed by atoms with van der Waals surface area (Å²) < 4.78 is 16.4. The van der Waals surface area contributed by atoms with Crippen LogP contribution in [-0.4, -0.2) is 38.2 Å². The predicted molar refractivity (Wildman–Crippen MR) is 97.4 cm³/mol. The molecule has 0 unspecified atom stereocenters. The highest BCUT2D eigenvalue weighted by Crippen LogP contribution is 2.25. The zero-order valence-corrected chi connectivity index (χ0v) is 15.3. The molecule has 4 aromatic rings. The third-order valence-corrected chi connectivity index (χ3v) is 4.08. The summed E-state index contributed by atoms with van der Waals surface area (Å²) in [6.45, 7) is 2.02. The van der Waals surface area contributed by atoms with E-state index in [1.807, 2.05) is 24.3 Å². The van der Waals surface area contributed by atoms with Gasteiger partial charge in [0.15, 0.2) is 11.5 Å². The van der Waals surface area contributed by atoms with Gasteiger partial charge in [-0.25, -0.2) is 0 Å². The number of aromatic nitrogens is 4. The topological polar surface area (TPSA) is 107 Å². The van der Waals surface area contributed by atoms with Crippen LogP contribution in [0.2, 0.25) is 0 Å². The minimum absolute atomic E-state index is 0.147. The zero-order valence-electron chi connectivity index (χ0n) is 15.3. The van der Waals surface area contributed by atoms with Crippen LogP contribution in [0.4, 0.5) is 0 Å². The molecule has 0 aliphatic heterocycles. The molecule has 142 valence electrons. The number of hydrogen-bond acceptors (Lipinski definition) is 8. The van der Waals surface area contributed by atoms with Crippen LogP contribution in [0, 0.1) is 6.92 Å². The average molecular weight is 379 g/mol. The lowest BCUT2D eigenvalue weighted by Gasteiger charge is -2.12. The minimum atomic E-state index is -0.318. The fourth-order valence-electron chi connectivity index (χ4n) is 2.72. The standard InChI is InChI=1S/C19H17N5O4/c1-12-21-22-18(27-12)10-24(2)19(25)16-8-14(28-23-16)11-26-17-5-3-4-13-9-20-7-6-15(13)17/h3-9H,10-11H2,1-2H3. The number of nitrogens with zero attached hydrogens (tertiary/aromatic N) is 5. The number of carbonyl (C=O) groups is 1. The summed E-state index contributed by atoms with van der Waals surface area (Å²) in [6.07, 6.45) is 3.48. The van der Waals surface area contributed by atoms with Crippen molar-refractivity contribution in [2.75, 3.05) is 7.05 Å². The van der Waals surface area contributed by atoms with Crippen molar-refractivity contribution in [3.8, 4) is 5.75 Å². The fourth-order valence-corrected chi connectivity index (χ4v) is 2.72. The highest BCUT2D eigenvalue weighted by molar-refractivity contribution is 5.92. The van der Waals surface area contributed by atoms with E-state index in [2.05, 4.69) is 20.3 Å². The number of aryl methyl sites for hydroxylation is 1. The SMILES string of the molecule is Cc1nnc(CN(C)C(=O)c2cc(COc3cccc4cnccc34)on2)o1. The van der Waals surface area contributed by atoms with Crippen LogP contribution in [0.1, 0.15) is 28.0 Å². The maximum absolute atomic E-state index is 12.5. The number of carbonyl (C=O) groups excluding carboxylic acids is 1. The molecule has 4 rings (SSSR count). The van der Waals surface area contributed by atoms with Gasteiger partial charge in [-0.1, -0.05) is 17.3 Å². The molecular formula is C19H17N5O4. The van der Waals surface area contributed by atoms with E-state index in [4.69, 9.17) is 13.7 Å². The van der Waals surface area contributed by atoms with Gasteiger partial charge in [0.2, 0.25) is 11.8 Å². The molecule has 1 aromatic carbocycles. The third-order valence-electron chi connectivity index (χ3n) is 4.08. The summed E-state index contributed by atoms with van der Waals surface area (Å²) in [4.78, 5) is 18.0. The smallest absolute Gasteiger partial charge is 0.276 e. The number of hydrogen-bond donors (Lipinski definition) is 0. The summed E-state index contributed by atoms with van der Waals surface area (Å²) in [5.74, 6) is 1.62. The van der Waals surface area contributed by atoms with Crippen molar-refractivity contribution in [1.29, 1.82) is 0 Å². The molecule has 0 N–H and O–H groups in total. The van der Waals surface area contributed by atoms with Gasteiger partial charge in [0.1, 0.15) is 12.4 Å². The van der Waals surface area contributed by atoms with Gasteiger partial charge in [0.05, 0.1) is 6.54 Å². The maximum Gasteiger partial charge on any atom is 0.276 e. The number of amides is 1. The lowest BCUT2D eigenvalue weighted by molar-refractivity contribution is 0.0761. The second-order valence-corrected chi connectivity index (χ2v) is 6.20. The highest BCUT2D eigenvalue weighted by atomic mass is 16.5. The van der Waals surface area contributed by atoms with Crippen LogP contribution in [-0.2, 0) is 13.2 Å². The Morgan fingerprint density at radius 3 is 2.96 bits per heavy atom. The van der Waals surface area contributed by atoms with Crippen molar-refractivity contribution < 1.29 is 18.5 Å². The molecule has 0 fully saturated rings. The molecule has 0 aliphatic rings. The van der Waals surface area contributed by atoms with Crippen molar-refractivity contribution in [3.05, 3.63) is 66.0 Å². The lowest BCUT2D eigenvalue weighted by Crippen LogP contribution is -2.26. The minimum Gasteiger partial charge on any atom is -0.485 e. The Morgan fingerprint density at radius 1 is 1.25 bits per heavy atom. The predicted octanol–water partition coefficient (Wildman–Crippen LogP) is 2.77. The molecule has 0 saturated carbocycles. The highest BCUT2D eigenvalue weighted by Gasteiger charge is 2.19. The van der Waals surface area contributed by atoms with E-state index in [0.717, 1.165) is 10.8 Å². The summed E-state index contributed by atoms with van der Waals surface area (Å²) in [5.41, 5.74) is 0.180. The van der Waals surface area contributed by atoms with Crippen molar-refractivity contribution >= 4 is 16.7 Å². The molecule has 0 spiro atoms. The first-order valence-electron chi connectivity index (χ1n) is 8.56. The largest absolute Gasteiger partial charge is 0.485 e. The van der Waals surface area contributed by atoms with E-state index in [-0.39, 0.29) is 24.8 Å². The van der Waals surface area contributed by atoms with E-state index >= 15 is 0 Å². The number of pyridine rings is 1. The Bertz CT molecular complexity index is 1110. The van der Waals surface area contributed by atoms with E-state index in [0.29, 0.717) is 23.3 Å². The van der Waals surface area contributed by atoms with Crippen molar-refractivity contribution in [2.45, 2.75) is 20.1 Å². The maximum atomic E-state index is 12.5. The van der Waals surface area contributed by atoms with Crippen LogP contribution in [0.25, 0.3) is 10.8 Å². The van der Waals surface area contributed by atoms with Crippen LogP contribution in [0.15, 0.2) is 51.7 Å². The number of benzene rings is 1. The monoisotopic (exact) mass is 379 g/mol. The van der Waals surface area contributed by atoms with Gasteiger partial charge in [-0.2, -0.15) is 0 Å². The number of ether oxygens (including phenoxy) is 1. The van der Waals surface area contributed by atoms with Gasteiger partial charge >= 0.3 is 0 Å². The van der Waals surface area contributed by atoms with Gasteiger partial charge in [-0.05, 0) is 12.1 Å². The van der Waals surface area contributed by atoms with Crippen molar-refractivity contribution in [1.82, 2.24) is 25.2 Å². The van der Waals surface area contributed by atoms with E-state index in [1.165, 1.54) is 4.90 Å². The molecular weight excluding hydrogens is 362 g/mol. The van der Waals surface area contributed by atoms with Gasteiger partial charge in [0.25, 0.3) is 5.91 Å². The summed E-state index contributed by atoms with van der Waals surface area (Å²) >= 11 is 0. The van der Waals surface area contributed by atoms with Gasteiger partial charge in [-0.3, -0.25) is 9.78 Å². The Labute approximate surface area is 159 Å². The van der Waals surface area contributed by atoms with E-state index in [9.17, 15) is 4.79 Å². The molecule has 9 nitrogen and oxygen atoms in total. The van der Waals surface area contributed by atoms with Gasteiger partial charge < -0.3 is 18.6 Å². The van der Waals surface area contributed by atoms with Gasteiger partial charge in [-0.15, -0.1) is 10.2 Å². The Kier molecular flexibility index (Phi) is 4.71. The van der Waals surface area contributed by atoms with Crippen molar-refractivity contribution in [2.24, 2.45) is 0 Å².